The molecule has 0 aromatic carbocycles. The molecule has 0 fully saturated rings. The van der Waals surface area contributed by atoms with E-state index in [2.05, 4.69) is 4.98 Å². The summed E-state index contributed by atoms with van der Waals surface area (Å²) >= 11 is 0. The van der Waals surface area contributed by atoms with Crippen LogP contribution in [-0.2, 0) is 11.8 Å². The summed E-state index contributed by atoms with van der Waals surface area (Å²) in [4.78, 5) is 15.7. The molecule has 4 nitrogen and oxygen atoms in total. The Hall–Kier alpha value is -1.16. The highest BCUT2D eigenvalue weighted by Gasteiger charge is 2.17. The lowest BCUT2D eigenvalue weighted by Gasteiger charge is -2.09. The number of nitrogens with zero attached hydrogens (tertiary/aromatic N) is 2. The Labute approximate surface area is 83.9 Å². The smallest absolute Gasteiger partial charge is 0.183 e. The van der Waals surface area contributed by atoms with Crippen molar-refractivity contribution < 1.29 is 9.53 Å². The first-order valence-corrected chi connectivity index (χ1v) is 4.66. The molecule has 0 aliphatic heterocycles. The second kappa shape index (κ2) is 4.91. The second-order valence-electron chi connectivity index (χ2n) is 3.44. The molecule has 1 aromatic rings. The zero-order valence-corrected chi connectivity index (χ0v) is 8.86. The summed E-state index contributed by atoms with van der Waals surface area (Å²) in [5.41, 5.74) is 0.661. The molecule has 0 amide bonds. The molecule has 4 heteroatoms. The predicted octanol–water partition coefficient (Wildman–Crippen LogP) is 1.28. The number of imidazole rings is 1. The van der Waals surface area contributed by atoms with Gasteiger partial charge in [-0.3, -0.25) is 4.79 Å². The minimum atomic E-state index is -0.00894. The van der Waals surface area contributed by atoms with Crippen LogP contribution in [0.5, 0.6) is 0 Å². The van der Waals surface area contributed by atoms with Crippen LogP contribution in [0.15, 0.2) is 12.5 Å². The van der Waals surface area contributed by atoms with E-state index in [1.165, 1.54) is 0 Å². The van der Waals surface area contributed by atoms with Crippen molar-refractivity contribution >= 4 is 5.78 Å². The van der Waals surface area contributed by atoms with Gasteiger partial charge in [0.25, 0.3) is 0 Å². The van der Waals surface area contributed by atoms with Crippen molar-refractivity contribution in [2.75, 3.05) is 13.7 Å². The lowest BCUT2D eigenvalue weighted by atomic mass is 10.0. The third-order valence-electron chi connectivity index (χ3n) is 2.27. The third-order valence-corrected chi connectivity index (χ3v) is 2.27. The molecule has 78 valence electrons. The Morgan fingerprint density at radius 3 is 2.93 bits per heavy atom. The largest absolute Gasteiger partial charge is 0.385 e. The van der Waals surface area contributed by atoms with Crippen LogP contribution in [0.3, 0.4) is 0 Å². The summed E-state index contributed by atoms with van der Waals surface area (Å²) in [5.74, 6) is 0.118. The maximum absolute atomic E-state index is 11.8. The van der Waals surface area contributed by atoms with Crippen molar-refractivity contribution in [3.05, 3.63) is 18.2 Å². The fraction of sp³-hybridized carbons (Fsp3) is 0.600. The lowest BCUT2D eigenvalue weighted by molar-refractivity contribution is 0.0885. The molecule has 1 unspecified atom stereocenters. The Balaban J connectivity index is 2.61. The molecule has 1 heterocycles. The van der Waals surface area contributed by atoms with Crippen molar-refractivity contribution in [1.29, 1.82) is 0 Å². The van der Waals surface area contributed by atoms with Crippen LogP contribution >= 0.6 is 0 Å². The molecule has 0 saturated heterocycles. The summed E-state index contributed by atoms with van der Waals surface area (Å²) in [5, 5.41) is 0. The van der Waals surface area contributed by atoms with E-state index in [9.17, 15) is 4.79 Å². The van der Waals surface area contributed by atoms with E-state index >= 15 is 0 Å². The Bertz CT molecular complexity index is 307. The SMILES string of the molecule is COCCC(C)C(=O)c1cncn1C. The monoisotopic (exact) mass is 196 g/mol. The van der Waals surface area contributed by atoms with Crippen molar-refractivity contribution in [2.24, 2.45) is 13.0 Å². The van der Waals surface area contributed by atoms with Gasteiger partial charge < -0.3 is 9.30 Å². The van der Waals surface area contributed by atoms with Gasteiger partial charge in [0.05, 0.1) is 12.5 Å². The first-order chi connectivity index (χ1) is 6.66. The lowest BCUT2D eigenvalue weighted by Crippen LogP contribution is -2.16. The van der Waals surface area contributed by atoms with Crippen LogP contribution in [0, 0.1) is 5.92 Å². The average Bonchev–Trinajstić information content (AvgIpc) is 2.59. The van der Waals surface area contributed by atoms with Crippen molar-refractivity contribution in [1.82, 2.24) is 9.55 Å². The van der Waals surface area contributed by atoms with E-state index in [0.29, 0.717) is 12.3 Å². The van der Waals surface area contributed by atoms with E-state index in [4.69, 9.17) is 4.74 Å². The van der Waals surface area contributed by atoms with Gasteiger partial charge >= 0.3 is 0 Å². The fourth-order valence-corrected chi connectivity index (χ4v) is 1.27. The van der Waals surface area contributed by atoms with Crippen molar-refractivity contribution in [2.45, 2.75) is 13.3 Å². The van der Waals surface area contributed by atoms with Gasteiger partial charge in [-0.05, 0) is 6.42 Å². The molecule has 0 spiro atoms. The Morgan fingerprint density at radius 1 is 1.71 bits per heavy atom. The zero-order chi connectivity index (χ0) is 10.6. The number of hydrogen-bond acceptors (Lipinski definition) is 3. The molecule has 0 saturated carbocycles. The molecular weight excluding hydrogens is 180 g/mol. The zero-order valence-electron chi connectivity index (χ0n) is 8.86. The molecular formula is C10H16N2O2. The molecule has 1 aromatic heterocycles. The number of hydrogen-bond donors (Lipinski definition) is 0. The highest BCUT2D eigenvalue weighted by molar-refractivity contribution is 5.95. The minimum Gasteiger partial charge on any atom is -0.385 e. The number of ether oxygens (including phenoxy) is 1. The van der Waals surface area contributed by atoms with E-state index in [-0.39, 0.29) is 11.7 Å². The van der Waals surface area contributed by atoms with Gasteiger partial charge in [-0.1, -0.05) is 6.92 Å². The van der Waals surface area contributed by atoms with Crippen LogP contribution in [0.2, 0.25) is 0 Å². The molecule has 14 heavy (non-hydrogen) atoms. The van der Waals surface area contributed by atoms with Gasteiger partial charge in [0.1, 0.15) is 5.69 Å². The topological polar surface area (TPSA) is 44.1 Å². The van der Waals surface area contributed by atoms with E-state index < -0.39 is 0 Å². The molecule has 0 bridgehead atoms. The second-order valence-corrected chi connectivity index (χ2v) is 3.44. The molecule has 0 aliphatic carbocycles. The van der Waals surface area contributed by atoms with Gasteiger partial charge in [-0.25, -0.2) is 4.98 Å². The highest BCUT2D eigenvalue weighted by atomic mass is 16.5. The number of Topliss-reactive ketones (excluding diaryl/α,β-unsaturated/α-hetero) is 1. The Kier molecular flexibility index (Phi) is 3.83. The summed E-state index contributed by atoms with van der Waals surface area (Å²) in [6.07, 6.45) is 3.99. The standard InChI is InChI=1S/C10H16N2O2/c1-8(4-5-14-3)10(13)9-6-11-7-12(9)2/h6-8H,4-5H2,1-3H3. The third kappa shape index (κ3) is 2.42. The quantitative estimate of drug-likeness (QED) is 0.666. The number of carbonyl (C=O) groups is 1. The number of aryl methyl sites for hydroxylation is 1. The number of carbonyl (C=O) groups excluding carboxylic acids is 1. The van der Waals surface area contributed by atoms with Gasteiger partial charge in [0, 0.05) is 26.7 Å². The van der Waals surface area contributed by atoms with Crippen LogP contribution in [0.1, 0.15) is 23.8 Å². The van der Waals surface area contributed by atoms with Crippen LogP contribution in [0.25, 0.3) is 0 Å². The fourth-order valence-electron chi connectivity index (χ4n) is 1.27. The number of methoxy groups -OCH3 is 1. The van der Waals surface area contributed by atoms with Gasteiger partial charge in [-0.15, -0.1) is 0 Å². The van der Waals surface area contributed by atoms with Gasteiger partial charge in [0.15, 0.2) is 5.78 Å². The highest BCUT2D eigenvalue weighted by Crippen LogP contribution is 2.10. The van der Waals surface area contributed by atoms with Crippen molar-refractivity contribution in [3.8, 4) is 0 Å². The summed E-state index contributed by atoms with van der Waals surface area (Å²) in [6, 6.07) is 0. The summed E-state index contributed by atoms with van der Waals surface area (Å²) in [6.45, 7) is 2.53. The number of aromatic nitrogens is 2. The van der Waals surface area contributed by atoms with Crippen LogP contribution in [-0.4, -0.2) is 29.1 Å². The summed E-state index contributed by atoms with van der Waals surface area (Å²) in [7, 11) is 3.46. The van der Waals surface area contributed by atoms with Crippen LogP contribution in [0.4, 0.5) is 0 Å². The first-order valence-electron chi connectivity index (χ1n) is 4.66. The average molecular weight is 196 g/mol. The Morgan fingerprint density at radius 2 is 2.43 bits per heavy atom. The van der Waals surface area contributed by atoms with E-state index in [1.807, 2.05) is 14.0 Å². The van der Waals surface area contributed by atoms with Gasteiger partial charge in [-0.2, -0.15) is 0 Å². The predicted molar refractivity (Wildman–Crippen MR) is 53.2 cm³/mol. The molecule has 0 radical (unpaired) electrons. The van der Waals surface area contributed by atoms with E-state index in [0.717, 1.165) is 6.42 Å². The number of ketones is 1. The molecule has 1 rings (SSSR count). The number of rotatable bonds is 5. The van der Waals surface area contributed by atoms with Crippen molar-refractivity contribution in [3.63, 3.8) is 0 Å². The first kappa shape index (κ1) is 10.9. The van der Waals surface area contributed by atoms with Crippen LogP contribution < -0.4 is 0 Å². The molecule has 0 aliphatic rings. The maximum atomic E-state index is 11.8. The van der Waals surface area contributed by atoms with Gasteiger partial charge in [0.2, 0.25) is 0 Å². The maximum Gasteiger partial charge on any atom is 0.183 e. The van der Waals surface area contributed by atoms with E-state index in [1.54, 1.807) is 24.2 Å². The minimum absolute atomic E-state index is 0.00894. The normalized spacial score (nSPS) is 12.8. The molecule has 0 N–H and O–H groups in total. The summed E-state index contributed by atoms with van der Waals surface area (Å²) < 4.78 is 6.68. The molecule has 1 atom stereocenters.